The first-order valence-corrected chi connectivity index (χ1v) is 9.10. The van der Waals surface area contributed by atoms with Gasteiger partial charge in [-0.3, -0.25) is 4.79 Å². The van der Waals surface area contributed by atoms with Gasteiger partial charge in [-0.2, -0.15) is 0 Å². The Morgan fingerprint density at radius 3 is 1.57 bits per heavy atom. The number of nitrogens with two attached hydrogens (primary N) is 1. The Kier molecular flexibility index (Phi) is 12.8. The molecule has 140 valence electrons. The fourth-order valence-electron chi connectivity index (χ4n) is 3.83. The highest BCUT2D eigenvalue weighted by atomic mass is 16.1. The zero-order valence-electron chi connectivity index (χ0n) is 14.9. The number of rotatable bonds is 3. The van der Waals surface area contributed by atoms with E-state index in [-0.39, 0.29) is 26.7 Å². The van der Waals surface area contributed by atoms with E-state index in [2.05, 4.69) is 34.6 Å². The average Bonchev–Trinajstić information content (AvgIpc) is 2.90. The Hall–Kier alpha value is -0.530. The molecule has 0 aromatic rings. The Labute approximate surface area is 147 Å². The van der Waals surface area contributed by atoms with E-state index < -0.39 is 0 Å². The van der Waals surface area contributed by atoms with Crippen LogP contribution in [0.4, 0.5) is 0 Å². The van der Waals surface area contributed by atoms with Crippen LogP contribution in [0.5, 0.6) is 0 Å². The molecule has 2 atom stereocenters. The van der Waals surface area contributed by atoms with Crippen molar-refractivity contribution in [3.63, 3.8) is 0 Å². The molecule has 2 N–H and O–H groups in total. The van der Waals surface area contributed by atoms with Gasteiger partial charge in [0.25, 0.3) is 0 Å². The maximum Gasteiger partial charge on any atom is 0.220 e. The van der Waals surface area contributed by atoms with Crippen LogP contribution in [0.2, 0.25) is 0 Å². The summed E-state index contributed by atoms with van der Waals surface area (Å²) < 4.78 is 0. The van der Waals surface area contributed by atoms with Crippen molar-refractivity contribution in [1.82, 2.24) is 0 Å². The number of hydrogen-bond donors (Lipinski definition) is 1. The second-order valence-electron chi connectivity index (χ2n) is 8.18. The van der Waals surface area contributed by atoms with E-state index in [1.165, 1.54) is 32.1 Å². The Morgan fingerprint density at radius 2 is 1.26 bits per heavy atom. The average molecular weight is 328 g/mol. The summed E-state index contributed by atoms with van der Waals surface area (Å²) in [6.07, 6.45) is 9.14. The molecule has 0 saturated heterocycles. The minimum atomic E-state index is -0.104. The quantitative estimate of drug-likeness (QED) is 0.650. The summed E-state index contributed by atoms with van der Waals surface area (Å²) >= 11 is 0. The number of primary amides is 1. The largest absolute Gasteiger partial charge is 0.369 e. The fourth-order valence-corrected chi connectivity index (χ4v) is 3.83. The molecule has 2 saturated carbocycles. The van der Waals surface area contributed by atoms with Crippen LogP contribution in [0.25, 0.3) is 0 Å². The van der Waals surface area contributed by atoms with Crippen LogP contribution in [0, 0.1) is 35.5 Å². The van der Waals surface area contributed by atoms with E-state index in [4.69, 9.17) is 5.73 Å². The van der Waals surface area contributed by atoms with Gasteiger partial charge in [-0.05, 0) is 61.7 Å². The van der Waals surface area contributed by atoms with Crippen molar-refractivity contribution in [2.45, 2.75) is 94.4 Å². The first-order valence-electron chi connectivity index (χ1n) is 9.10. The molecule has 2 aliphatic rings. The molecule has 2 nitrogen and oxygen atoms in total. The molecule has 0 radical (unpaired) electrons. The predicted molar refractivity (Wildman–Crippen MR) is 104 cm³/mol. The van der Waals surface area contributed by atoms with Gasteiger partial charge < -0.3 is 5.73 Å². The highest BCUT2D eigenvalue weighted by molar-refractivity contribution is 5.76. The topological polar surface area (TPSA) is 43.1 Å². The molecule has 2 aliphatic carbocycles. The van der Waals surface area contributed by atoms with Crippen molar-refractivity contribution in [3.8, 4) is 0 Å². The molecule has 2 rings (SSSR count). The highest BCUT2D eigenvalue weighted by Gasteiger charge is 2.29. The number of carbonyl (C=O) groups excluding carboxylic acids is 1. The first kappa shape index (κ1) is 24.7. The summed E-state index contributed by atoms with van der Waals surface area (Å²) in [5, 5.41) is 0. The third-order valence-electron chi connectivity index (χ3n) is 5.82. The van der Waals surface area contributed by atoms with Crippen LogP contribution in [-0.2, 0) is 4.79 Å². The van der Waals surface area contributed by atoms with Crippen LogP contribution in [0.1, 0.15) is 94.4 Å². The summed E-state index contributed by atoms with van der Waals surface area (Å²) in [6.45, 7) is 11.5. The van der Waals surface area contributed by atoms with Crippen molar-refractivity contribution in [1.29, 1.82) is 0 Å². The van der Waals surface area contributed by atoms with E-state index in [1.54, 1.807) is 0 Å². The summed E-state index contributed by atoms with van der Waals surface area (Å²) in [4.78, 5) is 10.8. The van der Waals surface area contributed by atoms with Crippen LogP contribution in [-0.4, -0.2) is 5.91 Å². The minimum Gasteiger partial charge on any atom is -0.369 e. The van der Waals surface area contributed by atoms with Gasteiger partial charge in [-0.15, -0.1) is 0 Å². The zero-order chi connectivity index (χ0) is 16.0. The van der Waals surface area contributed by atoms with E-state index in [0.29, 0.717) is 5.92 Å². The molecule has 2 unspecified atom stereocenters. The van der Waals surface area contributed by atoms with Crippen molar-refractivity contribution in [3.05, 3.63) is 0 Å². The minimum absolute atomic E-state index is 0. The lowest BCUT2D eigenvalue weighted by Crippen LogP contribution is -2.21. The monoisotopic (exact) mass is 327 g/mol. The van der Waals surface area contributed by atoms with Crippen LogP contribution in [0.15, 0.2) is 0 Å². The van der Waals surface area contributed by atoms with E-state index >= 15 is 0 Å². The fraction of sp³-hybridized carbons (Fsp3) is 0.952. The van der Waals surface area contributed by atoms with E-state index in [0.717, 1.165) is 36.5 Å². The second kappa shape index (κ2) is 11.9. The molecule has 0 spiro atoms. The lowest BCUT2D eigenvalue weighted by atomic mass is 9.78. The maximum absolute atomic E-state index is 10.8. The summed E-state index contributed by atoms with van der Waals surface area (Å²) in [7, 11) is 0. The van der Waals surface area contributed by atoms with Crippen molar-refractivity contribution in [2.75, 3.05) is 0 Å². The van der Waals surface area contributed by atoms with Gasteiger partial charge in [0, 0.05) is 5.92 Å². The summed E-state index contributed by atoms with van der Waals surface area (Å²) in [6, 6.07) is 0. The van der Waals surface area contributed by atoms with Gasteiger partial charge in [-0.1, -0.05) is 62.3 Å². The third kappa shape index (κ3) is 8.77. The third-order valence-corrected chi connectivity index (χ3v) is 5.82. The molecule has 0 bridgehead atoms. The van der Waals surface area contributed by atoms with Gasteiger partial charge in [0.1, 0.15) is 0 Å². The molecule has 0 heterocycles. The Morgan fingerprint density at radius 1 is 0.826 bits per heavy atom. The molecule has 1 amide bonds. The molecule has 2 heteroatoms. The SMILES string of the molecule is C.C.CC(C)C1CCC(C(N)=O)C1.CC1CCC(C(C)C)CC1. The number of hydrogen-bond acceptors (Lipinski definition) is 1. The van der Waals surface area contributed by atoms with Crippen LogP contribution < -0.4 is 5.73 Å². The summed E-state index contributed by atoms with van der Waals surface area (Å²) in [5.74, 6) is 4.47. The Bertz CT molecular complexity index is 303. The standard InChI is InChI=1S/C10H20.C9H17NO.2CH4/c1-8(2)10-6-4-9(3)5-7-10;1-6(2)7-3-4-8(5-7)9(10)11;;/h8-10H,4-7H2,1-3H3;6-8H,3-5H2,1-2H3,(H2,10,11);2*1H4. The van der Waals surface area contributed by atoms with Crippen LogP contribution in [0.3, 0.4) is 0 Å². The van der Waals surface area contributed by atoms with E-state index in [9.17, 15) is 4.79 Å². The lowest BCUT2D eigenvalue weighted by molar-refractivity contribution is -0.121. The van der Waals surface area contributed by atoms with Gasteiger partial charge in [0.05, 0.1) is 0 Å². The smallest absolute Gasteiger partial charge is 0.220 e. The molecule has 0 aliphatic heterocycles. The van der Waals surface area contributed by atoms with Crippen molar-refractivity contribution in [2.24, 2.45) is 41.2 Å². The number of amides is 1. The van der Waals surface area contributed by atoms with Crippen molar-refractivity contribution < 1.29 is 4.79 Å². The first-order chi connectivity index (χ1) is 9.81. The maximum atomic E-state index is 10.8. The lowest BCUT2D eigenvalue weighted by Gasteiger charge is -2.28. The number of carbonyl (C=O) groups is 1. The molecule has 23 heavy (non-hydrogen) atoms. The van der Waals surface area contributed by atoms with E-state index in [1.807, 2.05) is 0 Å². The highest BCUT2D eigenvalue weighted by Crippen LogP contribution is 2.35. The second-order valence-corrected chi connectivity index (χ2v) is 8.18. The van der Waals surface area contributed by atoms with Gasteiger partial charge in [-0.25, -0.2) is 0 Å². The van der Waals surface area contributed by atoms with Gasteiger partial charge in [0.2, 0.25) is 5.91 Å². The van der Waals surface area contributed by atoms with Crippen molar-refractivity contribution >= 4 is 5.91 Å². The van der Waals surface area contributed by atoms with Crippen LogP contribution >= 0.6 is 0 Å². The molecule has 0 aromatic carbocycles. The predicted octanol–water partition coefficient (Wildman–Crippen LogP) is 6.28. The summed E-state index contributed by atoms with van der Waals surface area (Å²) in [5.41, 5.74) is 5.22. The molecular formula is C21H45NO. The normalized spacial score (nSPS) is 30.0. The molecular weight excluding hydrogens is 282 g/mol. The molecule has 2 fully saturated rings. The van der Waals surface area contributed by atoms with Gasteiger partial charge >= 0.3 is 0 Å². The zero-order valence-corrected chi connectivity index (χ0v) is 14.9. The van der Waals surface area contributed by atoms with Gasteiger partial charge in [0.15, 0.2) is 0 Å². The molecule has 0 aromatic heterocycles. The Balaban J connectivity index is 0.